The Bertz CT molecular complexity index is 294. The molecule has 6 heteroatoms. The van der Waals surface area contributed by atoms with Gasteiger partial charge in [-0.25, -0.2) is 4.98 Å². The summed E-state index contributed by atoms with van der Waals surface area (Å²) in [7, 11) is 2.84. The van der Waals surface area contributed by atoms with Crippen molar-refractivity contribution in [3.8, 4) is 5.75 Å². The Morgan fingerprint density at radius 2 is 2.00 bits per heavy atom. The van der Waals surface area contributed by atoms with E-state index in [1.54, 1.807) is 0 Å². The fraction of sp³-hybridized carbons (Fsp3) is 0.250. The summed E-state index contributed by atoms with van der Waals surface area (Å²) < 4.78 is 8.71. The quantitative estimate of drug-likeness (QED) is 0.585. The lowest BCUT2D eigenvalue weighted by Gasteiger charge is -1.99. The number of carbonyl (C=O) groups is 1. The van der Waals surface area contributed by atoms with Crippen molar-refractivity contribution in [1.82, 2.24) is 4.98 Å². The van der Waals surface area contributed by atoms with Crippen molar-refractivity contribution in [3.05, 3.63) is 22.4 Å². The van der Waals surface area contributed by atoms with Crippen LogP contribution in [0.2, 0.25) is 10.2 Å². The second-order valence-corrected chi connectivity index (χ2v) is 2.77. The summed E-state index contributed by atoms with van der Waals surface area (Å²) in [6.45, 7) is 0.375. The number of carbonyl (C=O) groups excluding carboxylic acids is 1. The van der Waals surface area contributed by atoms with Crippen LogP contribution in [0, 0.1) is 0 Å². The molecular weight excluding hydrogens is 229 g/mol. The molecule has 4 nitrogen and oxygen atoms in total. The maximum Gasteiger partial charge on any atom is 0.292 e. The second kappa shape index (κ2) is 7.41. The molecule has 14 heavy (non-hydrogen) atoms. The average molecular weight is 238 g/mol. The molecule has 0 amide bonds. The van der Waals surface area contributed by atoms with Crippen LogP contribution in [0.3, 0.4) is 0 Å². The molecule has 0 aliphatic carbocycles. The van der Waals surface area contributed by atoms with Gasteiger partial charge in [0.25, 0.3) is 6.47 Å². The van der Waals surface area contributed by atoms with Crippen molar-refractivity contribution in [2.45, 2.75) is 0 Å². The number of hydrogen-bond donors (Lipinski definition) is 0. The minimum atomic E-state index is 0.366. The molecule has 0 aromatic carbocycles. The van der Waals surface area contributed by atoms with Gasteiger partial charge in [0.15, 0.2) is 5.75 Å². The molecule has 0 spiro atoms. The summed E-state index contributed by atoms with van der Waals surface area (Å²) in [6, 6.07) is 1.53. The van der Waals surface area contributed by atoms with E-state index in [1.807, 2.05) is 0 Å². The summed E-state index contributed by atoms with van der Waals surface area (Å²) in [6.07, 6.45) is 1.48. The first-order chi connectivity index (χ1) is 6.65. The normalized spacial score (nSPS) is 8.29. The van der Waals surface area contributed by atoms with Crippen LogP contribution in [0.15, 0.2) is 12.3 Å². The molecule has 0 atom stereocenters. The summed E-state index contributed by atoms with van der Waals surface area (Å²) in [5.74, 6) is 0.533. The molecule has 78 valence electrons. The standard InChI is InChI=1S/C6H5Cl2NO.C2H4O2/c1-10-5-3-9-6(8)2-4(5)7;1-4-2-3/h2-3H,1H3;2H,1H3. The number of nitrogens with zero attached hydrogens (tertiary/aromatic N) is 1. The molecule has 0 fully saturated rings. The zero-order valence-corrected chi connectivity index (χ0v) is 9.17. The van der Waals surface area contributed by atoms with E-state index < -0.39 is 0 Å². The highest BCUT2D eigenvalue weighted by molar-refractivity contribution is 6.34. The largest absolute Gasteiger partial charge is 0.494 e. The Hall–Kier alpha value is -1.000. The Morgan fingerprint density at radius 1 is 1.43 bits per heavy atom. The third-order valence-corrected chi connectivity index (χ3v) is 1.60. The number of aromatic nitrogens is 1. The first kappa shape index (κ1) is 13.0. The average Bonchev–Trinajstić information content (AvgIpc) is 2.18. The SMILES string of the molecule is COC=O.COc1cnc(Cl)cc1Cl. The van der Waals surface area contributed by atoms with Gasteiger partial charge in [-0.15, -0.1) is 0 Å². The van der Waals surface area contributed by atoms with Crippen molar-refractivity contribution in [3.63, 3.8) is 0 Å². The van der Waals surface area contributed by atoms with Gasteiger partial charge in [0.05, 0.1) is 25.4 Å². The van der Waals surface area contributed by atoms with Gasteiger partial charge in [-0.1, -0.05) is 23.2 Å². The molecule has 1 aromatic rings. The molecule has 0 radical (unpaired) electrons. The molecule has 0 saturated heterocycles. The number of pyridine rings is 1. The Morgan fingerprint density at radius 3 is 2.36 bits per heavy atom. The van der Waals surface area contributed by atoms with E-state index >= 15 is 0 Å². The molecule has 0 N–H and O–H groups in total. The second-order valence-electron chi connectivity index (χ2n) is 1.97. The molecule has 0 saturated carbocycles. The van der Waals surface area contributed by atoms with Crippen LogP contribution in [-0.4, -0.2) is 25.7 Å². The van der Waals surface area contributed by atoms with Crippen molar-refractivity contribution < 1.29 is 14.3 Å². The zero-order chi connectivity index (χ0) is 11.0. The van der Waals surface area contributed by atoms with E-state index in [4.69, 9.17) is 32.7 Å². The minimum absolute atomic E-state index is 0.366. The number of ether oxygens (including phenoxy) is 2. The number of methoxy groups -OCH3 is 2. The predicted molar refractivity (Wildman–Crippen MR) is 53.9 cm³/mol. The van der Waals surface area contributed by atoms with Gasteiger partial charge >= 0.3 is 0 Å². The predicted octanol–water partition coefficient (Wildman–Crippen LogP) is 2.19. The Labute approximate surface area is 91.7 Å². The number of halogens is 2. The molecule has 1 rings (SSSR count). The van der Waals surface area contributed by atoms with Crippen molar-refractivity contribution in [2.75, 3.05) is 14.2 Å². The smallest absolute Gasteiger partial charge is 0.292 e. The molecular formula is C8H9Cl2NO3. The summed E-state index contributed by atoms with van der Waals surface area (Å²) in [5, 5.41) is 0.841. The fourth-order valence-corrected chi connectivity index (χ4v) is 0.988. The van der Waals surface area contributed by atoms with Gasteiger partial charge in [-0.2, -0.15) is 0 Å². The van der Waals surface area contributed by atoms with E-state index in [-0.39, 0.29) is 0 Å². The first-order valence-electron chi connectivity index (χ1n) is 3.47. The van der Waals surface area contributed by atoms with Crippen molar-refractivity contribution >= 4 is 29.7 Å². The van der Waals surface area contributed by atoms with Crippen LogP contribution in [0.5, 0.6) is 5.75 Å². The van der Waals surface area contributed by atoms with Crippen molar-refractivity contribution in [2.24, 2.45) is 0 Å². The zero-order valence-electron chi connectivity index (χ0n) is 7.66. The highest BCUT2D eigenvalue weighted by Crippen LogP contribution is 2.24. The Kier molecular flexibility index (Phi) is 6.88. The maximum absolute atomic E-state index is 8.95. The number of hydrogen-bond acceptors (Lipinski definition) is 4. The summed E-state index contributed by atoms with van der Waals surface area (Å²) >= 11 is 11.2. The molecule has 1 heterocycles. The third-order valence-electron chi connectivity index (χ3n) is 1.10. The van der Waals surface area contributed by atoms with Gasteiger partial charge in [-0.05, 0) is 6.07 Å². The maximum atomic E-state index is 8.95. The van der Waals surface area contributed by atoms with Gasteiger partial charge in [0, 0.05) is 0 Å². The van der Waals surface area contributed by atoms with Crippen LogP contribution in [0.4, 0.5) is 0 Å². The third kappa shape index (κ3) is 4.89. The molecule has 1 aromatic heterocycles. The highest BCUT2D eigenvalue weighted by Gasteiger charge is 1.99. The van der Waals surface area contributed by atoms with E-state index in [0.717, 1.165) is 0 Å². The van der Waals surface area contributed by atoms with E-state index in [0.29, 0.717) is 22.4 Å². The summed E-state index contributed by atoms with van der Waals surface area (Å²) in [4.78, 5) is 12.7. The fourth-order valence-electron chi connectivity index (χ4n) is 0.545. The summed E-state index contributed by atoms with van der Waals surface area (Å²) in [5.41, 5.74) is 0. The van der Waals surface area contributed by atoms with Crippen LogP contribution < -0.4 is 4.74 Å². The molecule has 0 bridgehead atoms. The van der Waals surface area contributed by atoms with Gasteiger partial charge in [0.2, 0.25) is 0 Å². The van der Waals surface area contributed by atoms with E-state index in [1.165, 1.54) is 26.5 Å². The van der Waals surface area contributed by atoms with Gasteiger partial charge < -0.3 is 9.47 Å². The van der Waals surface area contributed by atoms with E-state index in [2.05, 4.69) is 9.72 Å². The van der Waals surface area contributed by atoms with Gasteiger partial charge in [0.1, 0.15) is 5.15 Å². The highest BCUT2D eigenvalue weighted by atomic mass is 35.5. The molecule has 0 aliphatic rings. The Balaban J connectivity index is 0.000000364. The topological polar surface area (TPSA) is 48.4 Å². The van der Waals surface area contributed by atoms with Gasteiger partial charge in [-0.3, -0.25) is 4.79 Å². The monoisotopic (exact) mass is 237 g/mol. The van der Waals surface area contributed by atoms with E-state index in [9.17, 15) is 0 Å². The van der Waals surface area contributed by atoms with Crippen molar-refractivity contribution in [1.29, 1.82) is 0 Å². The van der Waals surface area contributed by atoms with Crippen LogP contribution in [-0.2, 0) is 9.53 Å². The molecule has 0 unspecified atom stereocenters. The molecule has 0 aliphatic heterocycles. The van der Waals surface area contributed by atoms with Crippen LogP contribution >= 0.6 is 23.2 Å². The lowest BCUT2D eigenvalue weighted by Crippen LogP contribution is -1.85. The van der Waals surface area contributed by atoms with Crippen LogP contribution in [0.1, 0.15) is 0 Å². The van der Waals surface area contributed by atoms with Crippen LogP contribution in [0.25, 0.3) is 0 Å². The lowest BCUT2D eigenvalue weighted by molar-refractivity contribution is -0.126. The minimum Gasteiger partial charge on any atom is -0.494 e. The first-order valence-corrected chi connectivity index (χ1v) is 4.22. The lowest BCUT2D eigenvalue weighted by atomic mass is 10.5. The number of rotatable bonds is 2.